The van der Waals surface area contributed by atoms with E-state index in [0.717, 1.165) is 32.4 Å². The van der Waals surface area contributed by atoms with Gasteiger partial charge in [0.2, 0.25) is 5.91 Å². The Morgan fingerprint density at radius 2 is 1.82 bits per heavy atom. The number of aromatic nitrogens is 4. The fraction of sp³-hybridized carbons (Fsp3) is 0.280. The van der Waals surface area contributed by atoms with E-state index < -0.39 is 0 Å². The van der Waals surface area contributed by atoms with Crippen molar-refractivity contribution in [2.45, 2.75) is 24.4 Å². The highest BCUT2D eigenvalue weighted by Gasteiger charge is 2.23. The molecule has 0 atom stereocenters. The topological polar surface area (TPSA) is 83.9 Å². The second-order valence-electron chi connectivity index (χ2n) is 8.44. The first kappa shape index (κ1) is 22.3. The molecule has 2 aromatic heterocycles. The molecule has 1 N–H and O–H groups in total. The van der Waals surface area contributed by atoms with Crippen molar-refractivity contribution < 1.29 is 9.18 Å². The maximum Gasteiger partial charge on any atom is 0.262 e. The number of rotatable bonds is 6. The summed E-state index contributed by atoms with van der Waals surface area (Å²) in [5, 5.41) is 4.92. The summed E-state index contributed by atoms with van der Waals surface area (Å²) in [4.78, 5) is 34.4. The van der Waals surface area contributed by atoms with Gasteiger partial charge in [-0.3, -0.25) is 9.59 Å². The van der Waals surface area contributed by atoms with Gasteiger partial charge in [-0.25, -0.2) is 14.1 Å². The molecule has 34 heavy (non-hydrogen) atoms. The average Bonchev–Trinajstić information content (AvgIpc) is 3.29. The summed E-state index contributed by atoms with van der Waals surface area (Å²) in [5.74, 6) is 0.469. The van der Waals surface area contributed by atoms with Crippen LogP contribution < -0.4 is 5.56 Å². The van der Waals surface area contributed by atoms with E-state index in [1.165, 1.54) is 40.3 Å². The molecule has 9 heteroatoms. The van der Waals surface area contributed by atoms with Crippen LogP contribution in [-0.2, 0) is 11.2 Å². The molecule has 0 spiro atoms. The standard InChI is InChI=1S/C25H24FN5O2S/c26-19-6-8-20(9-7-19)31-23-21(15-27-31)24(33)29-25(28-23)34-16-22(32)30-12-10-18(11-13-30)14-17-4-2-1-3-5-17/h1-9,15,18H,10-14,16H2,(H,28,29,33). The van der Waals surface area contributed by atoms with E-state index in [9.17, 15) is 14.0 Å². The average molecular weight is 478 g/mol. The van der Waals surface area contributed by atoms with E-state index in [2.05, 4.69) is 39.3 Å². The zero-order valence-electron chi connectivity index (χ0n) is 18.5. The van der Waals surface area contributed by atoms with Gasteiger partial charge in [-0.05, 0) is 55.0 Å². The molecule has 7 nitrogen and oxygen atoms in total. The summed E-state index contributed by atoms with van der Waals surface area (Å²) in [6.07, 6.45) is 4.46. The van der Waals surface area contributed by atoms with Crippen molar-refractivity contribution in [2.75, 3.05) is 18.8 Å². The number of benzene rings is 2. The summed E-state index contributed by atoms with van der Waals surface area (Å²) < 4.78 is 14.8. The molecule has 5 rings (SSSR count). The third kappa shape index (κ3) is 4.89. The molecule has 0 bridgehead atoms. The van der Waals surface area contributed by atoms with Crippen molar-refractivity contribution in [1.29, 1.82) is 0 Å². The smallest absolute Gasteiger partial charge is 0.262 e. The van der Waals surface area contributed by atoms with Gasteiger partial charge in [0.1, 0.15) is 11.2 Å². The van der Waals surface area contributed by atoms with Crippen LogP contribution in [0.5, 0.6) is 0 Å². The number of thioether (sulfide) groups is 1. The van der Waals surface area contributed by atoms with Crippen molar-refractivity contribution in [3.8, 4) is 5.69 Å². The van der Waals surface area contributed by atoms with Gasteiger partial charge in [0.05, 0.1) is 17.6 Å². The number of nitrogens with one attached hydrogen (secondary N) is 1. The molecule has 1 saturated heterocycles. The van der Waals surface area contributed by atoms with Gasteiger partial charge >= 0.3 is 0 Å². The molecule has 1 aliphatic rings. The molecule has 4 aromatic rings. The number of nitrogens with zero attached hydrogens (tertiary/aromatic N) is 4. The Kier molecular flexibility index (Phi) is 6.44. The highest BCUT2D eigenvalue weighted by Crippen LogP contribution is 2.23. The van der Waals surface area contributed by atoms with Gasteiger partial charge < -0.3 is 9.88 Å². The molecule has 1 fully saturated rings. The number of H-pyrrole nitrogens is 1. The molecule has 3 heterocycles. The molecule has 0 aliphatic carbocycles. The van der Waals surface area contributed by atoms with Gasteiger partial charge in [0.15, 0.2) is 10.8 Å². The monoisotopic (exact) mass is 477 g/mol. The predicted molar refractivity (Wildman–Crippen MR) is 130 cm³/mol. The Bertz CT molecular complexity index is 1350. The maximum absolute atomic E-state index is 13.3. The first-order chi connectivity index (χ1) is 16.6. The Morgan fingerprint density at radius 3 is 2.56 bits per heavy atom. The quantitative estimate of drug-likeness (QED) is 0.337. The minimum atomic E-state index is -0.357. The van der Waals surface area contributed by atoms with Crippen LogP contribution >= 0.6 is 11.8 Å². The van der Waals surface area contributed by atoms with Crippen LogP contribution in [0, 0.1) is 11.7 Å². The van der Waals surface area contributed by atoms with Crippen molar-refractivity contribution >= 4 is 28.7 Å². The Morgan fingerprint density at radius 1 is 1.09 bits per heavy atom. The zero-order valence-corrected chi connectivity index (χ0v) is 19.3. The van der Waals surface area contributed by atoms with Crippen molar-refractivity contribution in [3.05, 3.63) is 82.5 Å². The lowest BCUT2D eigenvalue weighted by atomic mass is 9.90. The lowest BCUT2D eigenvalue weighted by molar-refractivity contribution is -0.129. The minimum absolute atomic E-state index is 0.0398. The first-order valence-corrected chi connectivity index (χ1v) is 12.2. The second kappa shape index (κ2) is 9.80. The highest BCUT2D eigenvalue weighted by atomic mass is 32.2. The summed E-state index contributed by atoms with van der Waals surface area (Å²) in [7, 11) is 0. The molecule has 0 saturated carbocycles. The van der Waals surface area contributed by atoms with Crippen LogP contribution in [0.4, 0.5) is 4.39 Å². The molecule has 0 radical (unpaired) electrons. The zero-order chi connectivity index (χ0) is 23.5. The van der Waals surface area contributed by atoms with Crippen LogP contribution in [0.3, 0.4) is 0 Å². The third-order valence-electron chi connectivity index (χ3n) is 6.15. The fourth-order valence-electron chi connectivity index (χ4n) is 4.29. The van der Waals surface area contributed by atoms with E-state index in [1.807, 2.05) is 11.0 Å². The van der Waals surface area contributed by atoms with E-state index in [-0.39, 0.29) is 23.0 Å². The lowest BCUT2D eigenvalue weighted by Crippen LogP contribution is -2.39. The van der Waals surface area contributed by atoms with Crippen molar-refractivity contribution in [1.82, 2.24) is 24.6 Å². The van der Waals surface area contributed by atoms with Crippen LogP contribution in [-0.4, -0.2) is 49.4 Å². The number of aromatic amines is 1. The van der Waals surface area contributed by atoms with Gasteiger partial charge in [-0.15, -0.1) is 0 Å². The number of hydrogen-bond acceptors (Lipinski definition) is 5. The first-order valence-electron chi connectivity index (χ1n) is 11.3. The molecule has 1 amide bonds. The molecule has 2 aromatic carbocycles. The minimum Gasteiger partial charge on any atom is -0.342 e. The Hall–Kier alpha value is -3.46. The number of halogens is 1. The van der Waals surface area contributed by atoms with Crippen molar-refractivity contribution in [2.24, 2.45) is 5.92 Å². The second-order valence-corrected chi connectivity index (χ2v) is 9.41. The van der Waals surface area contributed by atoms with Crippen LogP contribution in [0.2, 0.25) is 0 Å². The van der Waals surface area contributed by atoms with Crippen LogP contribution in [0.15, 0.2) is 70.7 Å². The summed E-state index contributed by atoms with van der Waals surface area (Å²) in [6, 6.07) is 16.3. The number of fused-ring (bicyclic) bond motifs is 1. The molecule has 174 valence electrons. The van der Waals surface area contributed by atoms with E-state index in [4.69, 9.17) is 0 Å². The highest BCUT2D eigenvalue weighted by molar-refractivity contribution is 7.99. The van der Waals surface area contributed by atoms with E-state index in [0.29, 0.717) is 27.8 Å². The fourth-order valence-corrected chi connectivity index (χ4v) is 5.05. The number of likely N-dealkylation sites (tertiary alicyclic amines) is 1. The lowest BCUT2D eigenvalue weighted by Gasteiger charge is -2.32. The Labute approximate surface area is 200 Å². The van der Waals surface area contributed by atoms with E-state index >= 15 is 0 Å². The van der Waals surface area contributed by atoms with Gasteiger partial charge in [0.25, 0.3) is 5.56 Å². The van der Waals surface area contributed by atoms with Gasteiger partial charge in [0, 0.05) is 13.1 Å². The van der Waals surface area contributed by atoms with Gasteiger partial charge in [-0.1, -0.05) is 42.1 Å². The Balaban J connectivity index is 1.22. The number of hydrogen-bond donors (Lipinski definition) is 1. The molecule has 1 aliphatic heterocycles. The molecular formula is C25H24FN5O2S. The van der Waals surface area contributed by atoms with Gasteiger partial charge in [-0.2, -0.15) is 5.10 Å². The number of piperidine rings is 1. The van der Waals surface area contributed by atoms with Crippen LogP contribution in [0.25, 0.3) is 16.7 Å². The van der Waals surface area contributed by atoms with Crippen molar-refractivity contribution in [3.63, 3.8) is 0 Å². The third-order valence-corrected chi connectivity index (χ3v) is 7.01. The summed E-state index contributed by atoms with van der Waals surface area (Å²) in [6.45, 7) is 1.49. The van der Waals surface area contributed by atoms with Crippen LogP contribution in [0.1, 0.15) is 18.4 Å². The maximum atomic E-state index is 13.3. The summed E-state index contributed by atoms with van der Waals surface area (Å²) in [5.41, 5.74) is 1.98. The SMILES string of the molecule is O=C(CSc1nc2c(cnn2-c2ccc(F)cc2)c(=O)[nH]1)N1CCC(Cc2ccccc2)CC1. The summed E-state index contributed by atoms with van der Waals surface area (Å²) >= 11 is 1.21. The molecular weight excluding hydrogens is 453 g/mol. The molecule has 0 unspecified atom stereocenters. The number of carbonyl (C=O) groups is 1. The number of carbonyl (C=O) groups excluding carboxylic acids is 1. The predicted octanol–water partition coefficient (Wildman–Crippen LogP) is 3.82. The largest absolute Gasteiger partial charge is 0.342 e. The number of amides is 1. The normalized spacial score (nSPS) is 14.6. The van der Waals surface area contributed by atoms with E-state index in [1.54, 1.807) is 12.1 Å².